The van der Waals surface area contributed by atoms with E-state index in [1.165, 1.54) is 19.9 Å². The zero-order chi connectivity index (χ0) is 19.3. The van der Waals surface area contributed by atoms with E-state index in [9.17, 15) is 15.3 Å². The second kappa shape index (κ2) is 9.68. The van der Waals surface area contributed by atoms with E-state index in [1.807, 2.05) is 13.8 Å². The van der Waals surface area contributed by atoms with Crippen LogP contribution in [0.15, 0.2) is 0 Å². The Morgan fingerprint density at radius 2 is 1.40 bits per heavy atom. The van der Waals surface area contributed by atoms with E-state index in [1.54, 1.807) is 0 Å². The second-order valence-corrected chi connectivity index (χ2v) is 8.58. The number of hydrogen-bond acceptors (Lipinski definition) is 4. The molecule has 0 spiro atoms. The zero-order valence-corrected chi connectivity index (χ0v) is 17.2. The molecular weight excluding hydrogens is 314 g/mol. The minimum Gasteiger partial charge on any atom is -0.396 e. The normalized spacial score (nSPS) is 46.2. The summed E-state index contributed by atoms with van der Waals surface area (Å²) in [5, 5.41) is 30.0. The average Bonchev–Trinajstić information content (AvgIpc) is 2.95. The molecule has 0 aromatic heterocycles. The van der Waals surface area contributed by atoms with Gasteiger partial charge in [-0.1, -0.05) is 27.7 Å². The van der Waals surface area contributed by atoms with E-state index < -0.39 is 0 Å². The Kier molecular flexibility index (Phi) is 8.86. The van der Waals surface area contributed by atoms with Gasteiger partial charge in [0.1, 0.15) is 0 Å². The first kappa shape index (κ1) is 22.9. The first-order valence-corrected chi connectivity index (χ1v) is 10.4. The summed E-state index contributed by atoms with van der Waals surface area (Å²) in [4.78, 5) is 0. The minimum absolute atomic E-state index is 0.113. The predicted octanol–water partition coefficient (Wildman–Crippen LogP) is 3.32. The van der Waals surface area contributed by atoms with Gasteiger partial charge in [-0.3, -0.25) is 0 Å². The molecule has 0 amide bonds. The molecule has 150 valence electrons. The highest BCUT2D eigenvalue weighted by atomic mass is 16.3. The molecule has 0 bridgehead atoms. The summed E-state index contributed by atoms with van der Waals surface area (Å²) in [6, 6.07) is 0. The third-order valence-electron chi connectivity index (χ3n) is 7.74. The van der Waals surface area contributed by atoms with Crippen LogP contribution in [-0.2, 0) is 0 Å². The number of aliphatic hydroxyl groups excluding tert-OH is 3. The van der Waals surface area contributed by atoms with Crippen LogP contribution in [0.4, 0.5) is 0 Å². The molecule has 0 radical (unpaired) electrons. The summed E-state index contributed by atoms with van der Waals surface area (Å²) in [5.41, 5.74) is 4.80. The number of nitrogens with two attached hydrogens (primary N) is 1. The van der Waals surface area contributed by atoms with Crippen molar-refractivity contribution in [3.05, 3.63) is 0 Å². The van der Waals surface area contributed by atoms with Crippen LogP contribution in [0.2, 0.25) is 0 Å². The van der Waals surface area contributed by atoms with Crippen LogP contribution < -0.4 is 5.73 Å². The van der Waals surface area contributed by atoms with Crippen molar-refractivity contribution in [1.29, 1.82) is 0 Å². The van der Waals surface area contributed by atoms with Gasteiger partial charge >= 0.3 is 0 Å². The van der Waals surface area contributed by atoms with Crippen LogP contribution in [0, 0.1) is 28.6 Å². The molecule has 0 saturated heterocycles. The third-order valence-corrected chi connectivity index (χ3v) is 7.74. The number of fused-ring (bicyclic) bond motifs is 1. The van der Waals surface area contributed by atoms with Gasteiger partial charge in [-0.15, -0.1) is 0 Å². The molecule has 3 aliphatic rings. The van der Waals surface area contributed by atoms with Gasteiger partial charge in [-0.25, -0.2) is 0 Å². The van der Waals surface area contributed by atoms with Crippen molar-refractivity contribution in [1.82, 2.24) is 0 Å². The lowest BCUT2D eigenvalue weighted by Gasteiger charge is -2.53. The quantitative estimate of drug-likeness (QED) is 0.610. The zero-order valence-electron chi connectivity index (χ0n) is 17.2. The third kappa shape index (κ3) is 4.40. The van der Waals surface area contributed by atoms with Gasteiger partial charge in [0.15, 0.2) is 0 Å². The smallest absolute Gasteiger partial charge is 0.0596 e. The number of rotatable bonds is 2. The van der Waals surface area contributed by atoms with Crippen LogP contribution in [0.5, 0.6) is 0 Å². The van der Waals surface area contributed by atoms with E-state index in [4.69, 9.17) is 0 Å². The molecule has 7 unspecified atom stereocenters. The fourth-order valence-corrected chi connectivity index (χ4v) is 5.81. The minimum atomic E-state index is -0.225. The van der Waals surface area contributed by atoms with E-state index in [0.717, 1.165) is 38.5 Å². The monoisotopic (exact) mass is 357 g/mol. The largest absolute Gasteiger partial charge is 0.396 e. The summed E-state index contributed by atoms with van der Waals surface area (Å²) in [5.74, 6) is 1.53. The Morgan fingerprint density at radius 3 is 2.00 bits per heavy atom. The van der Waals surface area contributed by atoms with Gasteiger partial charge in [-0.2, -0.15) is 0 Å². The molecule has 4 nitrogen and oxygen atoms in total. The van der Waals surface area contributed by atoms with Crippen molar-refractivity contribution in [3.8, 4) is 0 Å². The van der Waals surface area contributed by atoms with Gasteiger partial charge in [0.25, 0.3) is 0 Å². The lowest BCUT2D eigenvalue weighted by atomic mass is 9.53. The molecular formula is C21H43NO3. The molecule has 0 heterocycles. The van der Waals surface area contributed by atoms with Crippen molar-refractivity contribution in [2.24, 2.45) is 34.3 Å². The maximum atomic E-state index is 10.3. The fraction of sp³-hybridized carbons (Fsp3) is 1.00. The topological polar surface area (TPSA) is 86.7 Å². The SMILES string of the molecule is CC.CC12CCC(C3(C)CCC(O)CC3CO)CC1CCC2O.CN. The Bertz CT molecular complexity index is 391. The molecule has 3 saturated carbocycles. The van der Waals surface area contributed by atoms with Crippen molar-refractivity contribution >= 4 is 0 Å². The maximum absolute atomic E-state index is 10.3. The number of aliphatic hydroxyl groups is 3. The summed E-state index contributed by atoms with van der Waals surface area (Å²) >= 11 is 0. The molecule has 25 heavy (non-hydrogen) atoms. The molecule has 5 N–H and O–H groups in total. The molecule has 0 aliphatic heterocycles. The Hall–Kier alpha value is -0.160. The lowest BCUT2D eigenvalue weighted by Crippen LogP contribution is -2.47. The predicted molar refractivity (Wildman–Crippen MR) is 104 cm³/mol. The highest BCUT2D eigenvalue weighted by Gasteiger charge is 2.53. The highest BCUT2D eigenvalue weighted by Crippen LogP contribution is 2.59. The van der Waals surface area contributed by atoms with Crippen molar-refractivity contribution in [2.75, 3.05) is 13.7 Å². The molecule has 4 heteroatoms. The summed E-state index contributed by atoms with van der Waals surface area (Å²) in [7, 11) is 1.50. The first-order chi connectivity index (χ1) is 11.9. The van der Waals surface area contributed by atoms with E-state index in [0.29, 0.717) is 11.8 Å². The first-order valence-electron chi connectivity index (χ1n) is 10.4. The van der Waals surface area contributed by atoms with Crippen molar-refractivity contribution < 1.29 is 15.3 Å². The number of hydrogen-bond donors (Lipinski definition) is 4. The Morgan fingerprint density at radius 1 is 0.840 bits per heavy atom. The van der Waals surface area contributed by atoms with Crippen LogP contribution in [0.1, 0.15) is 79.1 Å². The summed E-state index contributed by atoms with van der Waals surface area (Å²) < 4.78 is 0. The maximum Gasteiger partial charge on any atom is 0.0596 e. The molecule has 7 atom stereocenters. The molecule has 3 rings (SSSR count). The summed E-state index contributed by atoms with van der Waals surface area (Å²) in [6.07, 6.45) is 7.97. The Balaban J connectivity index is 0.000000730. The molecule has 0 aromatic carbocycles. The van der Waals surface area contributed by atoms with Crippen molar-refractivity contribution in [3.63, 3.8) is 0 Å². The van der Waals surface area contributed by atoms with Crippen molar-refractivity contribution in [2.45, 2.75) is 91.3 Å². The van der Waals surface area contributed by atoms with Crippen LogP contribution in [-0.4, -0.2) is 41.2 Å². The van der Waals surface area contributed by atoms with Gasteiger partial charge < -0.3 is 21.1 Å². The van der Waals surface area contributed by atoms with Crippen LogP contribution in [0.3, 0.4) is 0 Å². The van der Waals surface area contributed by atoms with Crippen LogP contribution >= 0.6 is 0 Å². The summed E-state index contributed by atoms with van der Waals surface area (Å²) in [6.45, 7) is 8.83. The molecule has 3 aliphatic carbocycles. The van der Waals surface area contributed by atoms with Crippen LogP contribution in [0.25, 0.3) is 0 Å². The van der Waals surface area contributed by atoms with E-state index >= 15 is 0 Å². The lowest BCUT2D eigenvalue weighted by molar-refractivity contribution is -0.0818. The second-order valence-electron chi connectivity index (χ2n) is 8.58. The van der Waals surface area contributed by atoms with E-state index in [-0.39, 0.29) is 35.6 Å². The molecule has 3 fully saturated rings. The van der Waals surface area contributed by atoms with Gasteiger partial charge in [0.05, 0.1) is 12.2 Å². The molecule has 0 aromatic rings. The Labute approximate surface area is 155 Å². The standard InChI is InChI=1S/C18H32O3.C2H6.CH5N/c1-17(8-6-15(20)10-14(17)11-19)13-5-7-18(2)12(9-13)3-4-16(18)21;2*1-2/h12-16,19-21H,3-11H2,1-2H3;1-2H3;2H2,1H3. The van der Waals surface area contributed by atoms with Gasteiger partial charge in [0, 0.05) is 6.61 Å². The van der Waals surface area contributed by atoms with E-state index in [2.05, 4.69) is 19.6 Å². The fourth-order valence-electron chi connectivity index (χ4n) is 5.81. The average molecular weight is 358 g/mol. The van der Waals surface area contributed by atoms with Gasteiger partial charge in [-0.05, 0) is 87.0 Å². The highest BCUT2D eigenvalue weighted by molar-refractivity contribution is 5.03. The van der Waals surface area contributed by atoms with Gasteiger partial charge in [0.2, 0.25) is 0 Å².